The Morgan fingerprint density at radius 2 is 1.91 bits per heavy atom. The first kappa shape index (κ1) is 19.0. The van der Waals surface area contributed by atoms with Gasteiger partial charge in [0, 0.05) is 0 Å². The van der Waals surface area contributed by atoms with Gasteiger partial charge >= 0.3 is 5.97 Å². The molecular formula is C11H15Br3O8. The number of ether oxygens (including phenoxy) is 4. The Hall–Kier alpha value is 0.670. The van der Waals surface area contributed by atoms with Gasteiger partial charge < -0.3 is 34.3 Å². The first-order chi connectivity index (χ1) is 9.87. The van der Waals surface area contributed by atoms with Crippen molar-refractivity contribution in [1.82, 2.24) is 0 Å². The number of halogens is 3. The molecule has 0 aliphatic carbocycles. The van der Waals surface area contributed by atoms with Gasteiger partial charge in [-0.15, -0.1) is 0 Å². The van der Waals surface area contributed by atoms with Crippen molar-refractivity contribution in [3.63, 3.8) is 0 Å². The van der Waals surface area contributed by atoms with Crippen LogP contribution in [-0.2, 0) is 23.7 Å². The third-order valence-electron chi connectivity index (χ3n) is 3.15. The summed E-state index contributed by atoms with van der Waals surface area (Å²) >= 11 is 9.68. The maximum absolute atomic E-state index is 11.4. The zero-order chi connectivity index (χ0) is 16.9. The molecule has 0 saturated carbocycles. The third-order valence-corrected chi connectivity index (χ3v) is 4.27. The molecule has 0 bridgehead atoms. The fourth-order valence-corrected chi connectivity index (χ4v) is 3.02. The Bertz CT molecular complexity index is 453. The van der Waals surface area contributed by atoms with Crippen LogP contribution in [0.3, 0.4) is 0 Å². The lowest BCUT2D eigenvalue weighted by molar-refractivity contribution is -0.286. The molecule has 5 atom stereocenters. The number of carbonyl (C=O) groups is 1. The second-order valence-electron chi connectivity index (χ2n) is 5.42. The summed E-state index contributed by atoms with van der Waals surface area (Å²) in [6.45, 7) is 2.76. The predicted molar refractivity (Wildman–Crippen MR) is 82.8 cm³/mol. The van der Waals surface area contributed by atoms with Crippen LogP contribution in [0, 0.1) is 0 Å². The number of aliphatic carboxylic acids is 1. The monoisotopic (exact) mass is 512 g/mol. The Morgan fingerprint density at radius 3 is 2.41 bits per heavy atom. The maximum Gasteiger partial charge on any atom is 0.367 e. The van der Waals surface area contributed by atoms with E-state index in [2.05, 4.69) is 47.8 Å². The molecule has 2 rings (SSSR count). The highest BCUT2D eigenvalue weighted by molar-refractivity contribution is 9.39. The Morgan fingerprint density at radius 1 is 1.32 bits per heavy atom. The van der Waals surface area contributed by atoms with E-state index in [0.717, 1.165) is 0 Å². The van der Waals surface area contributed by atoms with E-state index in [1.165, 1.54) is 13.8 Å². The number of aliphatic hydroxyl groups excluding tert-OH is 1. The van der Waals surface area contributed by atoms with Crippen LogP contribution in [0.2, 0.25) is 0 Å². The molecule has 0 radical (unpaired) electrons. The standard InChI is InChI=1S/C11H15Br3O8/c1-9(2)21-6(10(18,22-9)7(16)17)5-4(15)3-19-8(20-5)11(12,13)14/h4-6,8,15,18H,3H2,1-2H3,(H,16,17)/t4-,5+,6-,8?,10-/m0/s1. The van der Waals surface area contributed by atoms with E-state index < -0.39 is 44.3 Å². The molecule has 0 aromatic heterocycles. The Labute approximate surface area is 151 Å². The molecule has 2 fully saturated rings. The number of hydrogen-bond acceptors (Lipinski definition) is 7. The molecule has 0 spiro atoms. The van der Waals surface area contributed by atoms with E-state index in [9.17, 15) is 20.1 Å². The quantitative estimate of drug-likeness (QED) is 0.465. The van der Waals surface area contributed by atoms with Crippen LogP contribution in [-0.4, -0.2) is 66.2 Å². The second kappa shape index (κ2) is 6.19. The molecule has 1 unspecified atom stereocenters. The summed E-state index contributed by atoms with van der Waals surface area (Å²) in [6, 6.07) is 0. The average molecular weight is 515 g/mol. The van der Waals surface area contributed by atoms with E-state index in [1.54, 1.807) is 0 Å². The van der Waals surface area contributed by atoms with Gasteiger partial charge in [-0.2, -0.15) is 0 Å². The number of alkyl halides is 3. The van der Waals surface area contributed by atoms with E-state index in [1.807, 2.05) is 0 Å². The van der Waals surface area contributed by atoms with Crippen molar-refractivity contribution in [2.24, 2.45) is 0 Å². The number of hydrogen-bond donors (Lipinski definition) is 3. The summed E-state index contributed by atoms with van der Waals surface area (Å²) in [6.07, 6.45) is -4.77. The molecule has 128 valence electrons. The average Bonchev–Trinajstić information content (AvgIpc) is 2.59. The van der Waals surface area contributed by atoms with Crippen LogP contribution in [0.15, 0.2) is 0 Å². The predicted octanol–water partition coefficient (Wildman–Crippen LogP) is 0.852. The highest BCUT2D eigenvalue weighted by Gasteiger charge is 2.63. The van der Waals surface area contributed by atoms with Gasteiger partial charge in [0.05, 0.1) is 6.61 Å². The number of carboxylic acids is 1. The summed E-state index contributed by atoms with van der Waals surface area (Å²) in [7, 11) is 0. The van der Waals surface area contributed by atoms with Gasteiger partial charge in [-0.25, -0.2) is 4.79 Å². The maximum atomic E-state index is 11.4. The molecule has 2 saturated heterocycles. The minimum Gasteiger partial charge on any atom is -0.477 e. The summed E-state index contributed by atoms with van der Waals surface area (Å²) in [5.74, 6) is -5.64. The molecule has 8 nitrogen and oxygen atoms in total. The van der Waals surface area contributed by atoms with E-state index >= 15 is 0 Å². The molecule has 3 N–H and O–H groups in total. The fraction of sp³-hybridized carbons (Fsp3) is 0.909. The summed E-state index contributed by atoms with van der Waals surface area (Å²) in [5, 5.41) is 29.6. The van der Waals surface area contributed by atoms with Gasteiger partial charge in [-0.1, -0.05) is 47.8 Å². The first-order valence-electron chi connectivity index (χ1n) is 6.22. The topological polar surface area (TPSA) is 115 Å². The third kappa shape index (κ3) is 3.67. The second-order valence-corrected chi connectivity index (χ2v) is 12.4. The Kier molecular flexibility index (Phi) is 5.35. The van der Waals surface area contributed by atoms with E-state index in [0.29, 0.717) is 0 Å². The molecule has 0 aromatic rings. The highest BCUT2D eigenvalue weighted by atomic mass is 80.0. The number of rotatable bonds is 2. The molecule has 2 aliphatic rings. The highest BCUT2D eigenvalue weighted by Crippen LogP contribution is 2.44. The minimum absolute atomic E-state index is 0.143. The van der Waals surface area contributed by atoms with Gasteiger partial charge in [-0.3, -0.25) is 0 Å². The lowest BCUT2D eigenvalue weighted by Crippen LogP contribution is -2.61. The SMILES string of the molecule is CC1(C)O[C@@H]([C@@H]2OC(C(Br)(Br)Br)OC[C@@H]2O)[C@@](O)(C(=O)O)O1. The van der Waals surface area contributed by atoms with Crippen molar-refractivity contribution >= 4 is 53.8 Å². The zero-order valence-electron chi connectivity index (χ0n) is 11.5. The van der Waals surface area contributed by atoms with Crippen molar-refractivity contribution in [3.05, 3.63) is 0 Å². The van der Waals surface area contributed by atoms with Crippen LogP contribution < -0.4 is 0 Å². The lowest BCUT2D eigenvalue weighted by Gasteiger charge is -2.40. The van der Waals surface area contributed by atoms with E-state index in [-0.39, 0.29) is 6.61 Å². The van der Waals surface area contributed by atoms with Crippen molar-refractivity contribution in [2.75, 3.05) is 6.61 Å². The molecule has 11 heteroatoms. The summed E-state index contributed by atoms with van der Waals surface area (Å²) < 4.78 is 20.4. The van der Waals surface area contributed by atoms with Gasteiger partial charge in [0.15, 0.2) is 20.3 Å². The lowest BCUT2D eigenvalue weighted by atomic mass is 9.99. The summed E-state index contributed by atoms with van der Waals surface area (Å²) in [5.41, 5.74) is 0. The van der Waals surface area contributed by atoms with Crippen molar-refractivity contribution in [2.45, 2.75) is 52.2 Å². The van der Waals surface area contributed by atoms with Crippen molar-refractivity contribution in [1.29, 1.82) is 0 Å². The van der Waals surface area contributed by atoms with Gasteiger partial charge in [-0.05, 0) is 13.8 Å². The van der Waals surface area contributed by atoms with Crippen LogP contribution in [0.4, 0.5) is 0 Å². The molecule has 0 amide bonds. The molecule has 0 aromatic carbocycles. The van der Waals surface area contributed by atoms with Crippen LogP contribution >= 0.6 is 47.8 Å². The zero-order valence-corrected chi connectivity index (χ0v) is 16.3. The minimum atomic E-state index is -2.65. The Balaban J connectivity index is 2.29. The van der Waals surface area contributed by atoms with Crippen molar-refractivity contribution in [3.8, 4) is 0 Å². The smallest absolute Gasteiger partial charge is 0.367 e. The van der Waals surface area contributed by atoms with Crippen LogP contribution in [0.25, 0.3) is 0 Å². The van der Waals surface area contributed by atoms with Crippen LogP contribution in [0.1, 0.15) is 13.8 Å². The number of carboxylic acid groups (broad SMARTS) is 1. The van der Waals surface area contributed by atoms with Crippen LogP contribution in [0.5, 0.6) is 0 Å². The molecule has 2 heterocycles. The van der Waals surface area contributed by atoms with Crippen molar-refractivity contribution < 1.29 is 39.1 Å². The number of aliphatic hydroxyl groups is 2. The normalized spacial score (nSPS) is 42.3. The molecule has 2 aliphatic heterocycles. The largest absolute Gasteiger partial charge is 0.477 e. The van der Waals surface area contributed by atoms with Gasteiger partial charge in [0.2, 0.25) is 0 Å². The van der Waals surface area contributed by atoms with Gasteiger partial charge in [0.1, 0.15) is 12.2 Å². The fourth-order valence-electron chi connectivity index (χ4n) is 2.30. The first-order valence-corrected chi connectivity index (χ1v) is 8.60. The van der Waals surface area contributed by atoms with E-state index in [4.69, 9.17) is 18.9 Å². The summed E-state index contributed by atoms with van der Waals surface area (Å²) in [4.78, 5) is 11.4. The van der Waals surface area contributed by atoms with Gasteiger partial charge in [0.25, 0.3) is 5.79 Å². The molecular weight excluding hydrogens is 500 g/mol. The molecule has 22 heavy (non-hydrogen) atoms.